The van der Waals surface area contributed by atoms with Gasteiger partial charge in [0.1, 0.15) is 0 Å². The molecule has 2 atom stereocenters. The molecule has 1 heterocycles. The van der Waals surface area contributed by atoms with Crippen LogP contribution in [0.15, 0.2) is 6.07 Å². The molecule has 0 aliphatic heterocycles. The summed E-state index contributed by atoms with van der Waals surface area (Å²) in [6, 6.07) is 2.06. The highest BCUT2D eigenvalue weighted by atomic mass is 35.5. The van der Waals surface area contributed by atoms with Crippen LogP contribution in [0.3, 0.4) is 0 Å². The Bertz CT molecular complexity index is 315. The topological polar surface area (TPSA) is 22.1 Å². The summed E-state index contributed by atoms with van der Waals surface area (Å²) in [4.78, 5) is 1.33. The summed E-state index contributed by atoms with van der Waals surface area (Å²) in [5, 5.41) is 0.339. The van der Waals surface area contributed by atoms with Gasteiger partial charge in [-0.05, 0) is 36.7 Å². The first-order valence-electron chi connectivity index (χ1n) is 5.44. The molecule has 0 amide bonds. The van der Waals surface area contributed by atoms with Crippen LogP contribution in [-0.2, 0) is 0 Å². The molecule has 1 fully saturated rings. The average Bonchev–Trinajstić information content (AvgIpc) is 2.61. The van der Waals surface area contributed by atoms with Crippen LogP contribution in [0.1, 0.15) is 42.9 Å². The van der Waals surface area contributed by atoms with E-state index in [9.17, 15) is 0 Å². The Hall–Kier alpha value is -0.280. The smallest absolute Gasteiger partial charge is 0.225 e. The highest BCUT2D eigenvalue weighted by molar-refractivity contribution is 7.06. The number of ether oxygens (including phenoxy) is 1. The zero-order chi connectivity index (χ0) is 10.7. The number of rotatable bonds is 2. The van der Waals surface area contributed by atoms with Crippen molar-refractivity contribution >= 4 is 23.1 Å². The lowest BCUT2D eigenvalue weighted by Gasteiger charge is -2.12. The first kappa shape index (κ1) is 11.2. The number of methoxy groups -OCH3 is 1. The molecule has 1 aliphatic carbocycles. The van der Waals surface area contributed by atoms with Crippen LogP contribution in [0.5, 0.6) is 5.88 Å². The molecule has 0 spiro atoms. The van der Waals surface area contributed by atoms with Crippen molar-refractivity contribution in [1.82, 2.24) is 4.37 Å². The van der Waals surface area contributed by atoms with Crippen molar-refractivity contribution in [1.29, 1.82) is 0 Å². The maximum absolute atomic E-state index is 6.26. The molecule has 1 saturated carbocycles. The van der Waals surface area contributed by atoms with Gasteiger partial charge in [-0.15, -0.1) is 11.6 Å². The molecule has 84 valence electrons. The SMILES string of the molecule is COc1cc(C2CCCCC(Cl)C2)sn1. The van der Waals surface area contributed by atoms with Crippen LogP contribution < -0.4 is 4.74 Å². The van der Waals surface area contributed by atoms with Crippen LogP contribution >= 0.6 is 23.1 Å². The van der Waals surface area contributed by atoms with Gasteiger partial charge in [-0.1, -0.05) is 12.8 Å². The average molecular weight is 246 g/mol. The number of aromatic nitrogens is 1. The molecular formula is C11H16ClNOS. The van der Waals surface area contributed by atoms with Gasteiger partial charge in [0.05, 0.1) is 7.11 Å². The van der Waals surface area contributed by atoms with Crippen molar-refractivity contribution in [2.45, 2.75) is 43.4 Å². The second-order valence-electron chi connectivity index (χ2n) is 4.09. The third kappa shape index (κ3) is 2.85. The quantitative estimate of drug-likeness (QED) is 0.584. The van der Waals surface area contributed by atoms with Gasteiger partial charge in [0, 0.05) is 16.3 Å². The zero-order valence-corrected chi connectivity index (χ0v) is 10.5. The van der Waals surface area contributed by atoms with E-state index in [-0.39, 0.29) is 0 Å². The largest absolute Gasteiger partial charge is 0.480 e. The molecule has 0 radical (unpaired) electrons. The molecular weight excluding hydrogens is 230 g/mol. The summed E-state index contributed by atoms with van der Waals surface area (Å²) in [7, 11) is 1.66. The Balaban J connectivity index is 2.07. The molecule has 1 aromatic heterocycles. The summed E-state index contributed by atoms with van der Waals surface area (Å²) in [6.07, 6.45) is 6.05. The molecule has 1 aliphatic rings. The van der Waals surface area contributed by atoms with Crippen molar-refractivity contribution in [3.63, 3.8) is 0 Å². The van der Waals surface area contributed by atoms with Crippen molar-refractivity contribution in [2.75, 3.05) is 7.11 Å². The minimum Gasteiger partial charge on any atom is -0.480 e. The van der Waals surface area contributed by atoms with Gasteiger partial charge in [-0.25, -0.2) is 0 Å². The summed E-state index contributed by atoms with van der Waals surface area (Å²) >= 11 is 7.82. The molecule has 2 unspecified atom stereocenters. The highest BCUT2D eigenvalue weighted by Crippen LogP contribution is 2.36. The van der Waals surface area contributed by atoms with E-state index in [2.05, 4.69) is 10.4 Å². The molecule has 0 bridgehead atoms. The van der Waals surface area contributed by atoms with Crippen molar-refractivity contribution in [3.05, 3.63) is 10.9 Å². The van der Waals surface area contributed by atoms with Gasteiger partial charge < -0.3 is 4.74 Å². The molecule has 15 heavy (non-hydrogen) atoms. The first-order chi connectivity index (χ1) is 7.29. The van der Waals surface area contributed by atoms with Gasteiger partial charge in [-0.3, -0.25) is 0 Å². The standard InChI is InChI=1S/C11H16ClNOS/c1-14-11-7-10(15-13-11)8-4-2-3-5-9(12)6-8/h7-9H,2-6H2,1H3. The van der Waals surface area contributed by atoms with E-state index in [1.807, 2.05) is 0 Å². The fourth-order valence-corrected chi connectivity index (χ4v) is 3.33. The normalized spacial score (nSPS) is 27.3. The van der Waals surface area contributed by atoms with Gasteiger partial charge in [0.15, 0.2) is 0 Å². The Morgan fingerprint density at radius 2 is 2.27 bits per heavy atom. The van der Waals surface area contributed by atoms with E-state index in [0.29, 0.717) is 11.3 Å². The van der Waals surface area contributed by atoms with E-state index in [0.717, 1.165) is 18.7 Å². The van der Waals surface area contributed by atoms with Crippen LogP contribution in [-0.4, -0.2) is 16.9 Å². The second-order valence-corrected chi connectivity index (χ2v) is 5.54. The molecule has 0 aromatic carbocycles. The Morgan fingerprint density at radius 3 is 3.00 bits per heavy atom. The van der Waals surface area contributed by atoms with Crippen LogP contribution in [0.2, 0.25) is 0 Å². The Morgan fingerprint density at radius 1 is 1.47 bits per heavy atom. The van der Waals surface area contributed by atoms with Crippen LogP contribution in [0, 0.1) is 0 Å². The van der Waals surface area contributed by atoms with E-state index in [1.54, 1.807) is 18.6 Å². The lowest BCUT2D eigenvalue weighted by molar-refractivity contribution is 0.402. The molecule has 0 saturated heterocycles. The molecule has 2 rings (SSSR count). The van der Waals surface area contributed by atoms with Crippen LogP contribution in [0.4, 0.5) is 0 Å². The van der Waals surface area contributed by atoms with Gasteiger partial charge >= 0.3 is 0 Å². The number of hydrogen-bond acceptors (Lipinski definition) is 3. The maximum Gasteiger partial charge on any atom is 0.225 e. The second kappa shape index (κ2) is 5.17. The van der Waals surface area contributed by atoms with Crippen molar-refractivity contribution < 1.29 is 4.74 Å². The molecule has 1 aromatic rings. The van der Waals surface area contributed by atoms with Crippen LogP contribution in [0.25, 0.3) is 0 Å². The number of hydrogen-bond donors (Lipinski definition) is 0. The minimum absolute atomic E-state index is 0.339. The lowest BCUT2D eigenvalue weighted by Crippen LogP contribution is -2.02. The fraction of sp³-hybridized carbons (Fsp3) is 0.727. The third-order valence-corrected chi connectivity index (χ3v) is 4.31. The van der Waals surface area contributed by atoms with E-state index < -0.39 is 0 Å². The van der Waals surface area contributed by atoms with Crippen molar-refractivity contribution in [2.24, 2.45) is 0 Å². The van der Waals surface area contributed by atoms with Gasteiger partial charge in [-0.2, -0.15) is 4.37 Å². The fourth-order valence-electron chi connectivity index (χ4n) is 2.12. The van der Waals surface area contributed by atoms with Gasteiger partial charge in [0.25, 0.3) is 0 Å². The van der Waals surface area contributed by atoms with E-state index >= 15 is 0 Å². The lowest BCUT2D eigenvalue weighted by atomic mass is 9.99. The summed E-state index contributed by atoms with van der Waals surface area (Å²) in [5.74, 6) is 1.33. The molecule has 2 nitrogen and oxygen atoms in total. The molecule has 0 N–H and O–H groups in total. The first-order valence-corrected chi connectivity index (χ1v) is 6.65. The van der Waals surface area contributed by atoms with Crippen molar-refractivity contribution in [3.8, 4) is 5.88 Å². The third-order valence-electron chi connectivity index (χ3n) is 2.98. The maximum atomic E-state index is 6.26. The number of nitrogens with zero attached hydrogens (tertiary/aromatic N) is 1. The van der Waals surface area contributed by atoms with Gasteiger partial charge in [0.2, 0.25) is 5.88 Å². The molecule has 4 heteroatoms. The number of alkyl halides is 1. The summed E-state index contributed by atoms with van der Waals surface area (Å²) in [6.45, 7) is 0. The van der Waals surface area contributed by atoms with E-state index in [1.165, 1.54) is 24.1 Å². The highest BCUT2D eigenvalue weighted by Gasteiger charge is 2.22. The predicted octanol–water partition coefficient (Wildman–Crippen LogP) is 3.81. The zero-order valence-electron chi connectivity index (χ0n) is 8.91. The number of halogens is 1. The summed E-state index contributed by atoms with van der Waals surface area (Å²) in [5.41, 5.74) is 0. The predicted molar refractivity (Wildman–Crippen MR) is 64.1 cm³/mol. The van der Waals surface area contributed by atoms with E-state index in [4.69, 9.17) is 16.3 Å². The minimum atomic E-state index is 0.339. The monoisotopic (exact) mass is 245 g/mol. The Labute approximate surface area is 99.8 Å². The summed E-state index contributed by atoms with van der Waals surface area (Å²) < 4.78 is 9.35. The Kier molecular flexibility index (Phi) is 3.87.